The van der Waals surface area contributed by atoms with Gasteiger partial charge < -0.3 is 25.5 Å². The number of rotatable bonds is 8. The number of aromatic amines is 1. The van der Waals surface area contributed by atoms with E-state index >= 15 is 0 Å². The Morgan fingerprint density at radius 3 is 2.72 bits per heavy atom. The maximum atomic E-state index is 9.92. The average molecular weight is 395 g/mol. The quantitative estimate of drug-likeness (QED) is 0.347. The molecule has 4 N–H and O–H groups in total. The maximum absolute atomic E-state index is 9.92. The van der Waals surface area contributed by atoms with Crippen molar-refractivity contribution >= 4 is 16.9 Å². The van der Waals surface area contributed by atoms with Crippen molar-refractivity contribution in [3.63, 3.8) is 0 Å². The van der Waals surface area contributed by atoms with Gasteiger partial charge in [-0.05, 0) is 48.6 Å². The minimum atomic E-state index is 0.129. The van der Waals surface area contributed by atoms with E-state index < -0.39 is 0 Å². The van der Waals surface area contributed by atoms with Gasteiger partial charge in [-0.1, -0.05) is 31.2 Å². The largest absolute Gasteiger partial charge is 0.504 e. The number of ether oxygens (including phenoxy) is 1. The lowest BCUT2D eigenvalue weighted by molar-refractivity contribution is 0.373. The zero-order valence-electron chi connectivity index (χ0n) is 17.4. The van der Waals surface area contributed by atoms with Crippen molar-refractivity contribution in [3.05, 3.63) is 59.3 Å². The number of methoxy groups -OCH3 is 1. The van der Waals surface area contributed by atoms with Crippen molar-refractivity contribution in [2.75, 3.05) is 20.2 Å². The summed E-state index contributed by atoms with van der Waals surface area (Å²) in [6, 6.07) is 11.8. The van der Waals surface area contributed by atoms with Gasteiger partial charge in [0.05, 0.1) is 13.7 Å². The number of hydrogen-bond acceptors (Lipinski definition) is 3. The van der Waals surface area contributed by atoms with Crippen molar-refractivity contribution in [3.8, 4) is 11.5 Å². The summed E-state index contributed by atoms with van der Waals surface area (Å²) >= 11 is 0. The van der Waals surface area contributed by atoms with Gasteiger partial charge >= 0.3 is 0 Å². The lowest BCUT2D eigenvalue weighted by Crippen LogP contribution is -2.38. The standard InChI is InChI=1S/C23H30N4O2/c1-4-17-7-6-8-19-18(15-26-22(17)19)11-12-25-23(24-5-2)27-14-16-9-10-21(29-3)20(28)13-16/h6-10,13,15,26,28H,4-5,11-12,14H2,1-3H3,(H2,24,25,27). The van der Waals surface area contributed by atoms with E-state index in [-0.39, 0.29) is 5.75 Å². The molecule has 3 rings (SSSR count). The summed E-state index contributed by atoms with van der Waals surface area (Å²) < 4.78 is 5.08. The molecule has 29 heavy (non-hydrogen) atoms. The predicted molar refractivity (Wildman–Crippen MR) is 119 cm³/mol. The molecular formula is C23H30N4O2. The fourth-order valence-corrected chi connectivity index (χ4v) is 3.44. The number of aromatic hydroxyl groups is 1. The van der Waals surface area contributed by atoms with Gasteiger partial charge in [-0.2, -0.15) is 0 Å². The van der Waals surface area contributed by atoms with Crippen LogP contribution in [0.25, 0.3) is 10.9 Å². The third kappa shape index (κ3) is 5.02. The van der Waals surface area contributed by atoms with Crippen LogP contribution in [0.4, 0.5) is 0 Å². The lowest BCUT2D eigenvalue weighted by Gasteiger charge is -2.11. The minimum absolute atomic E-state index is 0.129. The van der Waals surface area contributed by atoms with E-state index in [2.05, 4.69) is 51.9 Å². The molecule has 154 valence electrons. The van der Waals surface area contributed by atoms with Crippen molar-refractivity contribution in [1.29, 1.82) is 0 Å². The molecule has 6 nitrogen and oxygen atoms in total. The zero-order valence-corrected chi connectivity index (χ0v) is 17.4. The van der Waals surface area contributed by atoms with Crippen LogP contribution >= 0.6 is 0 Å². The number of H-pyrrole nitrogens is 1. The number of nitrogens with zero attached hydrogens (tertiary/aromatic N) is 1. The zero-order chi connectivity index (χ0) is 20.6. The molecule has 1 aromatic heterocycles. The summed E-state index contributed by atoms with van der Waals surface area (Å²) in [6.07, 6.45) is 4.03. The van der Waals surface area contributed by atoms with Crippen LogP contribution in [-0.4, -0.2) is 36.2 Å². The number of guanidine groups is 1. The smallest absolute Gasteiger partial charge is 0.191 e. The van der Waals surface area contributed by atoms with Gasteiger partial charge in [-0.15, -0.1) is 0 Å². The van der Waals surface area contributed by atoms with Crippen LogP contribution in [0.2, 0.25) is 0 Å². The first-order valence-electron chi connectivity index (χ1n) is 10.1. The number of hydrogen-bond donors (Lipinski definition) is 4. The summed E-state index contributed by atoms with van der Waals surface area (Å²) in [5.41, 5.74) is 4.81. The first-order chi connectivity index (χ1) is 14.2. The minimum Gasteiger partial charge on any atom is -0.504 e. The van der Waals surface area contributed by atoms with Gasteiger partial charge in [-0.25, -0.2) is 4.99 Å². The number of aryl methyl sites for hydroxylation is 1. The van der Waals surface area contributed by atoms with Gasteiger partial charge in [0.25, 0.3) is 0 Å². The summed E-state index contributed by atoms with van der Waals surface area (Å²) in [5, 5.41) is 17.9. The van der Waals surface area contributed by atoms with E-state index in [0.717, 1.165) is 37.5 Å². The molecule has 3 aromatic rings. The van der Waals surface area contributed by atoms with Crippen molar-refractivity contribution in [1.82, 2.24) is 15.6 Å². The van der Waals surface area contributed by atoms with Crippen molar-refractivity contribution in [2.45, 2.75) is 33.2 Å². The Bertz CT molecular complexity index is 978. The highest BCUT2D eigenvalue weighted by atomic mass is 16.5. The van der Waals surface area contributed by atoms with E-state index in [1.54, 1.807) is 12.1 Å². The van der Waals surface area contributed by atoms with Crippen LogP contribution in [0, 0.1) is 0 Å². The molecule has 0 aliphatic heterocycles. The van der Waals surface area contributed by atoms with Crippen LogP contribution < -0.4 is 15.4 Å². The second-order valence-electron chi connectivity index (χ2n) is 6.89. The highest BCUT2D eigenvalue weighted by Crippen LogP contribution is 2.26. The molecule has 0 amide bonds. The number of aliphatic imine (C=N–C) groups is 1. The molecule has 0 atom stereocenters. The van der Waals surface area contributed by atoms with Gasteiger partial charge in [0, 0.05) is 30.2 Å². The van der Waals surface area contributed by atoms with E-state index in [9.17, 15) is 5.11 Å². The second kappa shape index (κ2) is 9.87. The highest BCUT2D eigenvalue weighted by molar-refractivity contribution is 5.86. The fourth-order valence-electron chi connectivity index (χ4n) is 3.44. The summed E-state index contributed by atoms with van der Waals surface area (Å²) in [7, 11) is 1.54. The topological polar surface area (TPSA) is 81.7 Å². The van der Waals surface area contributed by atoms with E-state index in [4.69, 9.17) is 4.74 Å². The number of phenolic OH excluding ortho intramolecular Hbond substituents is 1. The average Bonchev–Trinajstić information content (AvgIpc) is 3.15. The molecule has 1 heterocycles. The molecule has 0 aliphatic rings. The number of aromatic nitrogens is 1. The summed E-state index contributed by atoms with van der Waals surface area (Å²) in [4.78, 5) is 8.05. The van der Waals surface area contributed by atoms with Crippen LogP contribution in [0.15, 0.2) is 47.6 Å². The molecule has 0 saturated heterocycles. The fraction of sp³-hybridized carbons (Fsp3) is 0.348. The van der Waals surface area contributed by atoms with E-state index in [1.807, 2.05) is 13.0 Å². The molecule has 2 aromatic carbocycles. The summed E-state index contributed by atoms with van der Waals surface area (Å²) in [5.74, 6) is 1.36. The van der Waals surface area contributed by atoms with Gasteiger partial charge in [0.15, 0.2) is 17.5 Å². The first kappa shape index (κ1) is 20.6. The number of para-hydroxylation sites is 1. The molecule has 0 bridgehead atoms. The predicted octanol–water partition coefficient (Wildman–Crippen LogP) is 3.74. The molecule has 0 saturated carbocycles. The Labute approximate surface area is 172 Å². The van der Waals surface area contributed by atoms with Gasteiger partial charge in [0.2, 0.25) is 0 Å². The summed E-state index contributed by atoms with van der Waals surface area (Å²) in [6.45, 7) is 6.26. The Morgan fingerprint density at radius 1 is 1.14 bits per heavy atom. The van der Waals surface area contributed by atoms with Crippen LogP contribution in [0.3, 0.4) is 0 Å². The van der Waals surface area contributed by atoms with Crippen LogP contribution in [-0.2, 0) is 19.4 Å². The SMILES string of the molecule is CCNC(=NCc1ccc(OC)c(O)c1)NCCc1c[nH]c2c(CC)cccc12. The number of nitrogens with one attached hydrogen (secondary N) is 3. The normalized spacial score (nSPS) is 11.6. The maximum Gasteiger partial charge on any atom is 0.191 e. The Morgan fingerprint density at radius 2 is 2.00 bits per heavy atom. The highest BCUT2D eigenvalue weighted by Gasteiger charge is 2.07. The Kier molecular flexibility index (Phi) is 7.00. The van der Waals surface area contributed by atoms with Gasteiger partial charge in [0.1, 0.15) is 0 Å². The molecule has 0 radical (unpaired) electrons. The first-order valence-corrected chi connectivity index (χ1v) is 10.1. The molecular weight excluding hydrogens is 364 g/mol. The van der Waals surface area contributed by atoms with Crippen molar-refractivity contribution in [2.24, 2.45) is 4.99 Å². The molecule has 0 unspecified atom stereocenters. The molecule has 0 spiro atoms. The third-order valence-electron chi connectivity index (χ3n) is 4.96. The number of benzene rings is 2. The number of phenols is 1. The van der Waals surface area contributed by atoms with Crippen LogP contribution in [0.1, 0.15) is 30.5 Å². The van der Waals surface area contributed by atoms with E-state index in [1.165, 1.54) is 29.1 Å². The van der Waals surface area contributed by atoms with Gasteiger partial charge in [-0.3, -0.25) is 0 Å². The molecule has 6 heteroatoms. The monoisotopic (exact) mass is 394 g/mol. The molecule has 0 aliphatic carbocycles. The second-order valence-corrected chi connectivity index (χ2v) is 6.89. The Balaban J connectivity index is 1.62. The number of fused-ring (bicyclic) bond motifs is 1. The molecule has 0 fully saturated rings. The van der Waals surface area contributed by atoms with Crippen LogP contribution in [0.5, 0.6) is 11.5 Å². The lowest BCUT2D eigenvalue weighted by atomic mass is 10.1. The van der Waals surface area contributed by atoms with Crippen molar-refractivity contribution < 1.29 is 9.84 Å². The third-order valence-corrected chi connectivity index (χ3v) is 4.96. The Hall–Kier alpha value is -3.15. The van der Waals surface area contributed by atoms with E-state index in [0.29, 0.717) is 12.3 Å².